The van der Waals surface area contributed by atoms with Crippen LogP contribution in [0, 0.1) is 12.8 Å². The third-order valence-electron chi connectivity index (χ3n) is 4.03. The predicted octanol–water partition coefficient (Wildman–Crippen LogP) is 3.61. The number of amides is 1. The van der Waals surface area contributed by atoms with Crippen LogP contribution in [0.4, 0.5) is 0 Å². The lowest BCUT2D eigenvalue weighted by atomic mass is 9.98. The number of nitrogens with one attached hydrogen (secondary N) is 1. The van der Waals surface area contributed by atoms with Gasteiger partial charge in [0.2, 0.25) is 0 Å². The molecule has 1 aliphatic heterocycles. The van der Waals surface area contributed by atoms with Crippen molar-refractivity contribution in [3.05, 3.63) is 33.8 Å². The molecule has 2 rings (SSSR count). The van der Waals surface area contributed by atoms with Crippen molar-refractivity contribution in [3.63, 3.8) is 0 Å². The molecular weight excluding hydrogens is 328 g/mol. The van der Waals surface area contributed by atoms with E-state index in [1.165, 1.54) is 12.8 Å². The first kappa shape index (κ1) is 16.5. The third kappa shape index (κ3) is 4.55. The predicted molar refractivity (Wildman–Crippen MR) is 90.6 cm³/mol. The highest BCUT2D eigenvalue weighted by atomic mass is 79.9. The maximum absolute atomic E-state index is 12.8. The number of benzene rings is 1. The first-order chi connectivity index (χ1) is 9.97. The van der Waals surface area contributed by atoms with Gasteiger partial charge in [-0.15, -0.1) is 0 Å². The van der Waals surface area contributed by atoms with E-state index in [9.17, 15) is 4.79 Å². The normalized spacial score (nSPS) is 18.8. The summed E-state index contributed by atoms with van der Waals surface area (Å²) in [5.41, 5.74) is 1.88. The van der Waals surface area contributed by atoms with Crippen molar-refractivity contribution in [1.82, 2.24) is 10.2 Å². The molecule has 1 unspecified atom stereocenters. The van der Waals surface area contributed by atoms with Gasteiger partial charge >= 0.3 is 0 Å². The molecule has 116 valence electrons. The Morgan fingerprint density at radius 1 is 1.43 bits per heavy atom. The molecule has 0 aliphatic carbocycles. The lowest BCUT2D eigenvalue weighted by Crippen LogP contribution is -2.44. The highest BCUT2D eigenvalue weighted by Gasteiger charge is 2.24. The Morgan fingerprint density at radius 2 is 2.19 bits per heavy atom. The van der Waals surface area contributed by atoms with Crippen LogP contribution in [0.3, 0.4) is 0 Å². The molecule has 0 saturated carbocycles. The number of aryl methyl sites for hydroxylation is 1. The summed E-state index contributed by atoms with van der Waals surface area (Å²) in [6, 6.07) is 6.14. The van der Waals surface area contributed by atoms with E-state index in [1.54, 1.807) is 0 Å². The SMILES string of the molecule is Cc1cc(Br)cc(C(=O)N(CC2CCCNC2)C(C)C)c1. The largest absolute Gasteiger partial charge is 0.336 e. The van der Waals surface area contributed by atoms with Crippen LogP contribution in [-0.2, 0) is 0 Å². The Balaban J connectivity index is 2.14. The second kappa shape index (κ2) is 7.41. The van der Waals surface area contributed by atoms with E-state index in [2.05, 4.69) is 35.1 Å². The van der Waals surface area contributed by atoms with E-state index in [4.69, 9.17) is 0 Å². The fourth-order valence-corrected chi connectivity index (χ4v) is 3.52. The maximum Gasteiger partial charge on any atom is 0.254 e. The van der Waals surface area contributed by atoms with Crippen LogP contribution in [0.25, 0.3) is 0 Å². The number of carbonyl (C=O) groups excluding carboxylic acids is 1. The average Bonchev–Trinajstić information content (AvgIpc) is 2.44. The van der Waals surface area contributed by atoms with Gasteiger partial charge in [-0.05, 0) is 76.4 Å². The van der Waals surface area contributed by atoms with Crippen molar-refractivity contribution in [1.29, 1.82) is 0 Å². The summed E-state index contributed by atoms with van der Waals surface area (Å²) < 4.78 is 0.967. The fourth-order valence-electron chi connectivity index (χ4n) is 2.91. The van der Waals surface area contributed by atoms with E-state index in [1.807, 2.05) is 30.0 Å². The molecule has 3 nitrogen and oxygen atoms in total. The molecular formula is C17H25BrN2O. The summed E-state index contributed by atoms with van der Waals surface area (Å²) in [6.07, 6.45) is 2.42. The molecule has 1 fully saturated rings. The summed E-state index contributed by atoms with van der Waals surface area (Å²) in [4.78, 5) is 14.9. The van der Waals surface area contributed by atoms with Crippen LogP contribution >= 0.6 is 15.9 Å². The van der Waals surface area contributed by atoms with Gasteiger partial charge in [0.15, 0.2) is 0 Å². The van der Waals surface area contributed by atoms with E-state index in [0.717, 1.165) is 35.2 Å². The van der Waals surface area contributed by atoms with Gasteiger partial charge in [0, 0.05) is 22.6 Å². The first-order valence-corrected chi connectivity index (χ1v) is 8.55. The van der Waals surface area contributed by atoms with Crippen LogP contribution in [0.1, 0.15) is 42.6 Å². The topological polar surface area (TPSA) is 32.3 Å². The Hall–Kier alpha value is -0.870. The van der Waals surface area contributed by atoms with Crippen LogP contribution in [0.15, 0.2) is 22.7 Å². The molecule has 0 bridgehead atoms. The Bertz CT molecular complexity index is 475. The van der Waals surface area contributed by atoms with Crippen molar-refractivity contribution in [2.75, 3.05) is 19.6 Å². The number of carbonyl (C=O) groups is 1. The molecule has 1 saturated heterocycles. The van der Waals surface area contributed by atoms with E-state index < -0.39 is 0 Å². The monoisotopic (exact) mass is 352 g/mol. The zero-order valence-corrected chi connectivity index (χ0v) is 14.7. The van der Waals surface area contributed by atoms with Crippen LogP contribution in [0.5, 0.6) is 0 Å². The summed E-state index contributed by atoms with van der Waals surface area (Å²) in [5, 5.41) is 3.43. The van der Waals surface area contributed by atoms with Gasteiger partial charge in [-0.25, -0.2) is 0 Å². The fraction of sp³-hybridized carbons (Fsp3) is 0.588. The van der Waals surface area contributed by atoms with Crippen molar-refractivity contribution >= 4 is 21.8 Å². The van der Waals surface area contributed by atoms with Crippen LogP contribution < -0.4 is 5.32 Å². The number of piperidine rings is 1. The average molecular weight is 353 g/mol. The van der Waals surface area contributed by atoms with Crippen LogP contribution in [-0.4, -0.2) is 36.5 Å². The van der Waals surface area contributed by atoms with E-state index in [0.29, 0.717) is 5.92 Å². The maximum atomic E-state index is 12.8. The molecule has 1 aromatic rings. The zero-order valence-electron chi connectivity index (χ0n) is 13.2. The standard InChI is InChI=1S/C17H25BrN2O/c1-12(2)20(11-14-5-4-6-19-10-14)17(21)15-7-13(3)8-16(18)9-15/h7-9,12,14,19H,4-6,10-11H2,1-3H3. The molecule has 1 aliphatic rings. The molecule has 1 N–H and O–H groups in total. The second-order valence-electron chi connectivity index (χ2n) is 6.28. The number of nitrogens with zero attached hydrogens (tertiary/aromatic N) is 1. The quantitative estimate of drug-likeness (QED) is 0.897. The molecule has 1 atom stereocenters. The Labute approximate surface area is 136 Å². The molecule has 1 amide bonds. The van der Waals surface area contributed by atoms with Gasteiger partial charge in [-0.3, -0.25) is 4.79 Å². The highest BCUT2D eigenvalue weighted by molar-refractivity contribution is 9.10. The molecule has 1 aromatic carbocycles. The smallest absolute Gasteiger partial charge is 0.254 e. The highest BCUT2D eigenvalue weighted by Crippen LogP contribution is 2.20. The second-order valence-corrected chi connectivity index (χ2v) is 7.20. The van der Waals surface area contributed by atoms with Gasteiger partial charge < -0.3 is 10.2 Å². The van der Waals surface area contributed by atoms with Gasteiger partial charge in [-0.2, -0.15) is 0 Å². The Kier molecular flexibility index (Phi) is 5.82. The molecule has 21 heavy (non-hydrogen) atoms. The Morgan fingerprint density at radius 3 is 2.76 bits per heavy atom. The molecule has 0 spiro atoms. The van der Waals surface area contributed by atoms with Crippen molar-refractivity contribution in [2.24, 2.45) is 5.92 Å². The summed E-state index contributed by atoms with van der Waals surface area (Å²) in [7, 11) is 0. The lowest BCUT2D eigenvalue weighted by Gasteiger charge is -2.33. The minimum absolute atomic E-state index is 0.139. The summed E-state index contributed by atoms with van der Waals surface area (Å²) in [6.45, 7) is 9.18. The minimum atomic E-state index is 0.139. The molecule has 0 radical (unpaired) electrons. The minimum Gasteiger partial charge on any atom is -0.336 e. The van der Waals surface area contributed by atoms with Gasteiger partial charge in [0.25, 0.3) is 5.91 Å². The van der Waals surface area contributed by atoms with Gasteiger partial charge in [0.1, 0.15) is 0 Å². The van der Waals surface area contributed by atoms with Crippen molar-refractivity contribution < 1.29 is 4.79 Å². The number of rotatable bonds is 4. The van der Waals surface area contributed by atoms with Crippen molar-refractivity contribution in [2.45, 2.75) is 39.7 Å². The van der Waals surface area contributed by atoms with E-state index in [-0.39, 0.29) is 11.9 Å². The summed E-state index contributed by atoms with van der Waals surface area (Å²) in [5.74, 6) is 0.707. The molecule has 0 aromatic heterocycles. The van der Waals surface area contributed by atoms with E-state index >= 15 is 0 Å². The number of hydrogen-bond acceptors (Lipinski definition) is 2. The number of halogens is 1. The van der Waals surface area contributed by atoms with Crippen LogP contribution in [0.2, 0.25) is 0 Å². The van der Waals surface area contributed by atoms with Gasteiger partial charge in [-0.1, -0.05) is 15.9 Å². The third-order valence-corrected chi connectivity index (χ3v) is 4.48. The number of hydrogen-bond donors (Lipinski definition) is 1. The molecule has 1 heterocycles. The zero-order chi connectivity index (χ0) is 15.4. The summed E-state index contributed by atoms with van der Waals surface area (Å²) >= 11 is 3.49. The van der Waals surface area contributed by atoms with Crippen molar-refractivity contribution in [3.8, 4) is 0 Å². The van der Waals surface area contributed by atoms with Gasteiger partial charge in [0.05, 0.1) is 0 Å². The molecule has 4 heteroatoms. The lowest BCUT2D eigenvalue weighted by molar-refractivity contribution is 0.0660. The first-order valence-electron chi connectivity index (χ1n) is 7.76.